The van der Waals surface area contributed by atoms with Crippen molar-refractivity contribution in [3.05, 3.63) is 64.6 Å². The molecular weight excluding hydrogens is 262 g/mol. The van der Waals surface area contributed by atoms with Crippen LogP contribution in [0.25, 0.3) is 6.08 Å². The number of rotatable bonds is 4. The first kappa shape index (κ1) is 13.4. The molecule has 0 saturated heterocycles. The zero-order valence-corrected chi connectivity index (χ0v) is 11.3. The van der Waals surface area contributed by atoms with E-state index in [-0.39, 0.29) is 5.91 Å². The van der Waals surface area contributed by atoms with Crippen molar-refractivity contribution in [3.63, 3.8) is 0 Å². The molecule has 1 N–H and O–H groups in total. The Morgan fingerprint density at radius 3 is 2.68 bits per heavy atom. The Bertz CT molecular complexity index is 571. The molecule has 0 aliphatic rings. The van der Waals surface area contributed by atoms with Crippen LogP contribution in [0, 0.1) is 0 Å². The van der Waals surface area contributed by atoms with Crippen molar-refractivity contribution < 1.29 is 9.21 Å². The van der Waals surface area contributed by atoms with Crippen molar-refractivity contribution in [2.45, 2.75) is 13.5 Å². The third kappa shape index (κ3) is 4.00. The zero-order valence-electron chi connectivity index (χ0n) is 10.5. The van der Waals surface area contributed by atoms with Gasteiger partial charge in [-0.2, -0.15) is 0 Å². The van der Waals surface area contributed by atoms with Crippen molar-refractivity contribution >= 4 is 23.6 Å². The second-order valence-corrected chi connectivity index (χ2v) is 4.58. The molecule has 0 unspecified atom stereocenters. The molecule has 0 fully saturated rings. The van der Waals surface area contributed by atoms with Crippen LogP contribution in [0.5, 0.6) is 0 Å². The highest BCUT2D eigenvalue weighted by Crippen LogP contribution is 2.12. The number of carbonyl (C=O) groups excluding carboxylic acids is 1. The van der Waals surface area contributed by atoms with E-state index in [1.54, 1.807) is 31.4 Å². The van der Waals surface area contributed by atoms with E-state index >= 15 is 0 Å². The minimum absolute atomic E-state index is 0.119. The molecule has 2 rings (SSSR count). The van der Waals surface area contributed by atoms with Crippen molar-refractivity contribution in [2.75, 3.05) is 0 Å². The number of halogens is 1. The maximum Gasteiger partial charge on any atom is 0.247 e. The third-order valence-corrected chi connectivity index (χ3v) is 2.87. The molecule has 0 saturated carbocycles. The molecule has 98 valence electrons. The van der Waals surface area contributed by atoms with Gasteiger partial charge in [-0.3, -0.25) is 4.79 Å². The summed E-state index contributed by atoms with van der Waals surface area (Å²) in [6.45, 7) is 2.16. The van der Waals surface area contributed by atoms with Gasteiger partial charge >= 0.3 is 0 Å². The van der Waals surface area contributed by atoms with Crippen molar-refractivity contribution in [1.82, 2.24) is 5.32 Å². The van der Waals surface area contributed by atoms with Gasteiger partial charge in [0, 0.05) is 10.6 Å². The minimum atomic E-state index is -0.119. The van der Waals surface area contributed by atoms with Gasteiger partial charge in [0.15, 0.2) is 0 Å². The molecule has 19 heavy (non-hydrogen) atoms. The molecule has 1 heterocycles. The number of benzene rings is 1. The van der Waals surface area contributed by atoms with E-state index in [2.05, 4.69) is 5.32 Å². The predicted octanol–water partition coefficient (Wildman–Crippen LogP) is 3.65. The lowest BCUT2D eigenvalue weighted by molar-refractivity contribution is -0.117. The lowest BCUT2D eigenvalue weighted by atomic mass is 10.1. The molecule has 0 aliphatic heterocycles. The first-order chi connectivity index (χ1) is 9.15. The summed E-state index contributed by atoms with van der Waals surface area (Å²) in [5.41, 5.74) is 1.57. The normalized spacial score (nSPS) is 11.4. The van der Waals surface area contributed by atoms with Gasteiger partial charge in [0.25, 0.3) is 0 Å². The number of hydrogen-bond acceptors (Lipinski definition) is 2. The van der Waals surface area contributed by atoms with Crippen molar-refractivity contribution in [3.8, 4) is 0 Å². The number of carbonyl (C=O) groups is 1. The van der Waals surface area contributed by atoms with Gasteiger partial charge < -0.3 is 9.73 Å². The molecule has 3 nitrogen and oxygen atoms in total. The first-order valence-corrected chi connectivity index (χ1v) is 6.27. The molecule has 4 heteroatoms. The average molecular weight is 276 g/mol. The fourth-order valence-corrected chi connectivity index (χ4v) is 1.72. The van der Waals surface area contributed by atoms with Gasteiger partial charge in [-0.25, -0.2) is 0 Å². The van der Waals surface area contributed by atoms with Crippen LogP contribution in [-0.4, -0.2) is 5.91 Å². The number of amides is 1. The molecular formula is C15H14ClNO2. The summed E-state index contributed by atoms with van der Waals surface area (Å²) in [7, 11) is 0. The summed E-state index contributed by atoms with van der Waals surface area (Å²) in [4.78, 5) is 11.9. The van der Waals surface area contributed by atoms with Crippen molar-refractivity contribution in [1.29, 1.82) is 0 Å². The lowest BCUT2D eigenvalue weighted by Crippen LogP contribution is -2.23. The molecule has 1 aromatic carbocycles. The Kier molecular flexibility index (Phi) is 4.42. The largest absolute Gasteiger partial charge is 0.467 e. The van der Waals surface area contributed by atoms with Crippen LogP contribution in [0.1, 0.15) is 18.2 Å². The first-order valence-electron chi connectivity index (χ1n) is 5.89. The molecule has 1 aromatic heterocycles. The smallest absolute Gasteiger partial charge is 0.247 e. The van der Waals surface area contributed by atoms with Gasteiger partial charge in [0.1, 0.15) is 5.76 Å². The SMILES string of the molecule is C/C(=C\c1ccc(Cl)cc1)C(=O)NCc1ccco1. The molecule has 0 spiro atoms. The van der Waals surface area contributed by atoms with E-state index in [4.69, 9.17) is 16.0 Å². The molecule has 1 amide bonds. The Hall–Kier alpha value is -2.00. The Morgan fingerprint density at radius 2 is 2.05 bits per heavy atom. The summed E-state index contributed by atoms with van der Waals surface area (Å²) < 4.78 is 5.15. The fourth-order valence-electron chi connectivity index (χ4n) is 1.59. The van der Waals surface area contributed by atoms with E-state index < -0.39 is 0 Å². The molecule has 0 radical (unpaired) electrons. The molecule has 0 aliphatic carbocycles. The highest BCUT2D eigenvalue weighted by molar-refractivity contribution is 6.30. The van der Waals surface area contributed by atoms with Gasteiger partial charge in [-0.05, 0) is 42.8 Å². The third-order valence-electron chi connectivity index (χ3n) is 2.61. The van der Waals surface area contributed by atoms with Crippen LogP contribution < -0.4 is 5.32 Å². The zero-order chi connectivity index (χ0) is 13.7. The van der Waals surface area contributed by atoms with Gasteiger partial charge in [-0.1, -0.05) is 23.7 Å². The number of furan rings is 1. The highest BCUT2D eigenvalue weighted by Gasteiger charge is 2.05. The second kappa shape index (κ2) is 6.25. The molecule has 0 atom stereocenters. The van der Waals surface area contributed by atoms with E-state index in [1.807, 2.05) is 24.3 Å². The monoisotopic (exact) mass is 275 g/mol. The number of hydrogen-bond donors (Lipinski definition) is 1. The van der Waals surface area contributed by atoms with E-state index in [0.29, 0.717) is 17.1 Å². The topological polar surface area (TPSA) is 42.2 Å². The van der Waals surface area contributed by atoms with Crippen LogP contribution in [0.15, 0.2) is 52.7 Å². The van der Waals surface area contributed by atoms with Crippen LogP contribution in [0.4, 0.5) is 0 Å². The van der Waals surface area contributed by atoms with Gasteiger partial charge in [0.05, 0.1) is 12.8 Å². The maximum atomic E-state index is 11.9. The molecule has 0 bridgehead atoms. The van der Waals surface area contributed by atoms with E-state index in [9.17, 15) is 4.79 Å². The quantitative estimate of drug-likeness (QED) is 0.866. The molecule has 2 aromatic rings. The van der Waals surface area contributed by atoms with Crippen LogP contribution in [-0.2, 0) is 11.3 Å². The van der Waals surface area contributed by atoms with Crippen LogP contribution in [0.3, 0.4) is 0 Å². The summed E-state index contributed by atoms with van der Waals surface area (Å²) in [6, 6.07) is 10.9. The van der Waals surface area contributed by atoms with E-state index in [1.165, 1.54) is 0 Å². The summed E-state index contributed by atoms with van der Waals surface area (Å²) in [5.74, 6) is 0.610. The average Bonchev–Trinajstić information content (AvgIpc) is 2.91. The Morgan fingerprint density at radius 1 is 1.32 bits per heavy atom. The fraction of sp³-hybridized carbons (Fsp3) is 0.133. The Labute approximate surface area is 116 Å². The second-order valence-electron chi connectivity index (χ2n) is 4.14. The summed E-state index contributed by atoms with van der Waals surface area (Å²) in [5, 5.41) is 3.47. The summed E-state index contributed by atoms with van der Waals surface area (Å²) in [6.07, 6.45) is 3.39. The van der Waals surface area contributed by atoms with Crippen molar-refractivity contribution in [2.24, 2.45) is 0 Å². The van der Waals surface area contributed by atoms with E-state index in [0.717, 1.165) is 11.3 Å². The summed E-state index contributed by atoms with van der Waals surface area (Å²) >= 11 is 5.81. The maximum absolute atomic E-state index is 11.9. The Balaban J connectivity index is 1.96. The van der Waals surface area contributed by atoms with Crippen LogP contribution >= 0.6 is 11.6 Å². The highest BCUT2D eigenvalue weighted by atomic mass is 35.5. The van der Waals surface area contributed by atoms with Gasteiger partial charge in [0.2, 0.25) is 5.91 Å². The lowest BCUT2D eigenvalue weighted by Gasteiger charge is -2.03. The standard InChI is InChI=1S/C15H14ClNO2/c1-11(9-12-4-6-13(16)7-5-12)15(18)17-10-14-3-2-8-19-14/h2-9H,10H2,1H3,(H,17,18)/b11-9+. The minimum Gasteiger partial charge on any atom is -0.467 e. The van der Waals surface area contributed by atoms with Crippen LogP contribution in [0.2, 0.25) is 5.02 Å². The van der Waals surface area contributed by atoms with Gasteiger partial charge in [-0.15, -0.1) is 0 Å². The number of nitrogens with one attached hydrogen (secondary N) is 1. The predicted molar refractivity (Wildman–Crippen MR) is 75.7 cm³/mol.